The van der Waals surface area contributed by atoms with Crippen LogP contribution in [0.25, 0.3) is 0 Å². The second-order valence-corrected chi connectivity index (χ2v) is 14.8. The van der Waals surface area contributed by atoms with E-state index in [0.29, 0.717) is 34.1 Å². The first-order valence-electron chi connectivity index (χ1n) is 14.1. The molecule has 5 rings (SSSR count). The minimum absolute atomic E-state index is 0.146. The Balaban J connectivity index is 1.50. The molecule has 33 heavy (non-hydrogen) atoms. The number of fused-ring (bicyclic) bond motifs is 5. The van der Waals surface area contributed by atoms with Gasteiger partial charge in [0.2, 0.25) is 0 Å². The van der Waals surface area contributed by atoms with Gasteiger partial charge in [-0.25, -0.2) is 0 Å². The number of rotatable bonds is 1. The summed E-state index contributed by atoms with van der Waals surface area (Å²) in [7, 11) is 1.92. The van der Waals surface area contributed by atoms with Crippen LogP contribution in [0.5, 0.6) is 0 Å². The van der Waals surface area contributed by atoms with Crippen molar-refractivity contribution in [2.24, 2.45) is 44.8 Å². The standard InChI is InChI=1S/C31H50O2/c1-27(2)23-13-16-29(5)19-20-9-11-22-28(3,4)26(33-8)15-18-30(22,6)21(20)10-12-24(29)31(23,7)17-14-25(27)32/h22-24,26H,9-19H2,1-8H3/t22-,23+,24+,26-,29-,30+,31-/m0/s1. The summed E-state index contributed by atoms with van der Waals surface area (Å²) in [6.07, 6.45) is 14.0. The molecular formula is C31H50O2. The van der Waals surface area contributed by atoms with E-state index in [-0.39, 0.29) is 10.8 Å². The van der Waals surface area contributed by atoms with E-state index in [9.17, 15) is 4.79 Å². The summed E-state index contributed by atoms with van der Waals surface area (Å²) in [6, 6.07) is 0. The third-order valence-corrected chi connectivity index (χ3v) is 12.8. The van der Waals surface area contributed by atoms with Crippen molar-refractivity contribution < 1.29 is 9.53 Å². The van der Waals surface area contributed by atoms with Gasteiger partial charge in [-0.2, -0.15) is 0 Å². The van der Waals surface area contributed by atoms with Crippen molar-refractivity contribution in [3.63, 3.8) is 0 Å². The third-order valence-electron chi connectivity index (χ3n) is 12.8. The Morgan fingerprint density at radius 2 is 1.45 bits per heavy atom. The van der Waals surface area contributed by atoms with Crippen LogP contribution in [0.2, 0.25) is 0 Å². The average molecular weight is 455 g/mol. The van der Waals surface area contributed by atoms with Crippen molar-refractivity contribution in [2.45, 2.75) is 125 Å². The van der Waals surface area contributed by atoms with E-state index in [1.807, 2.05) is 18.3 Å². The normalized spacial score (nSPS) is 48.8. The predicted octanol–water partition coefficient (Wildman–Crippen LogP) is 8.15. The van der Waals surface area contributed by atoms with E-state index in [0.717, 1.165) is 24.7 Å². The molecule has 0 aliphatic heterocycles. The molecule has 0 amide bonds. The first-order valence-corrected chi connectivity index (χ1v) is 14.1. The van der Waals surface area contributed by atoms with E-state index >= 15 is 0 Å². The number of hydrogen-bond donors (Lipinski definition) is 0. The van der Waals surface area contributed by atoms with Crippen LogP contribution >= 0.6 is 0 Å². The summed E-state index contributed by atoms with van der Waals surface area (Å²) in [6.45, 7) is 17.4. The van der Waals surface area contributed by atoms with Crippen LogP contribution < -0.4 is 0 Å². The Bertz CT molecular complexity index is 864. The summed E-state index contributed by atoms with van der Waals surface area (Å²) in [4.78, 5) is 12.9. The Hall–Kier alpha value is -0.630. The molecule has 3 saturated carbocycles. The number of ether oxygens (including phenoxy) is 1. The molecular weight excluding hydrogens is 404 g/mol. The monoisotopic (exact) mass is 454 g/mol. The Morgan fingerprint density at radius 1 is 0.758 bits per heavy atom. The summed E-state index contributed by atoms with van der Waals surface area (Å²) in [5.74, 6) is 2.54. The summed E-state index contributed by atoms with van der Waals surface area (Å²) < 4.78 is 6.01. The zero-order valence-corrected chi connectivity index (χ0v) is 22.9. The first kappa shape index (κ1) is 24.1. The number of ketones is 1. The molecule has 5 aliphatic rings. The lowest BCUT2D eigenvalue weighted by Gasteiger charge is -2.62. The van der Waals surface area contributed by atoms with Gasteiger partial charge in [-0.3, -0.25) is 4.79 Å². The summed E-state index contributed by atoms with van der Waals surface area (Å²) in [5.41, 5.74) is 4.87. The third kappa shape index (κ3) is 3.17. The highest BCUT2D eigenvalue weighted by Crippen LogP contribution is 2.69. The fourth-order valence-corrected chi connectivity index (χ4v) is 11.1. The van der Waals surface area contributed by atoms with Gasteiger partial charge in [0, 0.05) is 18.9 Å². The highest BCUT2D eigenvalue weighted by atomic mass is 16.5. The number of carbonyl (C=O) groups excluding carboxylic acids is 1. The smallest absolute Gasteiger partial charge is 0.138 e. The Morgan fingerprint density at radius 3 is 2.15 bits per heavy atom. The van der Waals surface area contributed by atoms with Crippen molar-refractivity contribution in [2.75, 3.05) is 7.11 Å². The second-order valence-electron chi connectivity index (χ2n) is 14.8. The lowest BCUT2D eigenvalue weighted by atomic mass is 9.42. The molecule has 7 atom stereocenters. The number of Topliss-reactive ketones (excluding diaryl/α,β-unsaturated/α-hetero) is 1. The van der Waals surface area contributed by atoms with Crippen LogP contribution in [0.1, 0.15) is 119 Å². The SMILES string of the molecule is CO[C@H]1CC[C@]2(C)C3=C(CC[C@H]2C1(C)C)C[C@]1(C)CC[C@@H]2C(C)(C)C(=O)CC[C@]2(C)[C@@H]1CC3. The molecule has 186 valence electrons. The Labute approximate surface area is 203 Å². The minimum atomic E-state index is -0.146. The molecule has 5 aliphatic carbocycles. The molecule has 0 spiro atoms. The van der Waals surface area contributed by atoms with Crippen molar-refractivity contribution in [3.05, 3.63) is 11.1 Å². The zero-order valence-electron chi connectivity index (χ0n) is 22.9. The molecule has 2 heteroatoms. The minimum Gasteiger partial charge on any atom is -0.381 e. The van der Waals surface area contributed by atoms with E-state index in [1.54, 1.807) is 0 Å². The van der Waals surface area contributed by atoms with Crippen molar-refractivity contribution in [1.29, 1.82) is 0 Å². The lowest BCUT2D eigenvalue weighted by molar-refractivity contribution is -0.159. The largest absolute Gasteiger partial charge is 0.381 e. The lowest BCUT2D eigenvalue weighted by Crippen LogP contribution is -2.57. The molecule has 3 fully saturated rings. The van der Waals surface area contributed by atoms with Crippen LogP contribution in [0, 0.1) is 44.8 Å². The number of hydrogen-bond acceptors (Lipinski definition) is 2. The van der Waals surface area contributed by atoms with Crippen molar-refractivity contribution in [3.8, 4) is 0 Å². The summed E-state index contributed by atoms with van der Waals surface area (Å²) >= 11 is 0. The van der Waals surface area contributed by atoms with Gasteiger partial charge in [0.15, 0.2) is 0 Å². The maximum Gasteiger partial charge on any atom is 0.138 e. The van der Waals surface area contributed by atoms with Crippen LogP contribution in [0.3, 0.4) is 0 Å². The molecule has 0 aromatic heterocycles. The number of allylic oxidation sites excluding steroid dienone is 2. The van der Waals surface area contributed by atoms with Gasteiger partial charge >= 0.3 is 0 Å². The molecule has 0 aromatic carbocycles. The van der Waals surface area contributed by atoms with Crippen molar-refractivity contribution >= 4 is 5.78 Å². The first-order chi connectivity index (χ1) is 15.3. The van der Waals surface area contributed by atoms with Crippen LogP contribution in [-0.4, -0.2) is 19.0 Å². The predicted molar refractivity (Wildman–Crippen MR) is 136 cm³/mol. The van der Waals surface area contributed by atoms with Crippen LogP contribution in [-0.2, 0) is 9.53 Å². The van der Waals surface area contributed by atoms with Gasteiger partial charge in [0.25, 0.3) is 0 Å². The van der Waals surface area contributed by atoms with Crippen LogP contribution in [0.4, 0.5) is 0 Å². The van der Waals surface area contributed by atoms with E-state index in [4.69, 9.17) is 4.74 Å². The topological polar surface area (TPSA) is 26.3 Å². The van der Waals surface area contributed by atoms with Gasteiger partial charge in [-0.1, -0.05) is 59.6 Å². The molecule has 2 nitrogen and oxygen atoms in total. The van der Waals surface area contributed by atoms with E-state index < -0.39 is 0 Å². The molecule has 0 bridgehead atoms. The van der Waals surface area contributed by atoms with Gasteiger partial charge in [0.05, 0.1) is 6.10 Å². The van der Waals surface area contributed by atoms with Gasteiger partial charge in [-0.15, -0.1) is 0 Å². The quantitative estimate of drug-likeness (QED) is 0.374. The molecule has 0 N–H and O–H groups in total. The van der Waals surface area contributed by atoms with Crippen molar-refractivity contribution in [1.82, 2.24) is 0 Å². The van der Waals surface area contributed by atoms with E-state index in [1.165, 1.54) is 57.8 Å². The fourth-order valence-electron chi connectivity index (χ4n) is 11.1. The number of methoxy groups -OCH3 is 1. The van der Waals surface area contributed by atoms with Gasteiger partial charge in [0.1, 0.15) is 5.78 Å². The fraction of sp³-hybridized carbons (Fsp3) is 0.903. The van der Waals surface area contributed by atoms with Gasteiger partial charge < -0.3 is 4.74 Å². The Kier molecular flexibility index (Phi) is 5.43. The highest BCUT2D eigenvalue weighted by Gasteiger charge is 2.62. The zero-order chi connectivity index (χ0) is 24.0. The average Bonchev–Trinajstić information content (AvgIpc) is 2.88. The maximum absolute atomic E-state index is 12.9. The summed E-state index contributed by atoms with van der Waals surface area (Å²) in [5, 5.41) is 0. The second kappa shape index (κ2) is 7.44. The maximum atomic E-state index is 12.9. The van der Waals surface area contributed by atoms with Gasteiger partial charge in [-0.05, 0) is 104 Å². The number of carbonyl (C=O) groups is 1. The molecule has 0 unspecified atom stereocenters. The molecule has 0 aromatic rings. The molecule has 0 radical (unpaired) electrons. The van der Waals surface area contributed by atoms with E-state index in [2.05, 4.69) is 48.5 Å². The molecule has 0 saturated heterocycles. The molecule has 0 heterocycles. The van der Waals surface area contributed by atoms with Crippen LogP contribution in [0.15, 0.2) is 11.1 Å². The highest BCUT2D eigenvalue weighted by molar-refractivity contribution is 5.85.